The van der Waals surface area contributed by atoms with Crippen molar-refractivity contribution >= 4 is 50.0 Å². The molecule has 5 rings (SSSR count). The summed E-state index contributed by atoms with van der Waals surface area (Å²) in [6.45, 7) is 1.73. The predicted octanol–water partition coefficient (Wildman–Crippen LogP) is 3.49. The molecule has 0 atom stereocenters. The summed E-state index contributed by atoms with van der Waals surface area (Å²) in [5.74, 6) is 0.373. The molecule has 3 aromatic heterocycles. The van der Waals surface area contributed by atoms with Crippen molar-refractivity contribution in [3.05, 3.63) is 48.4 Å². The largest absolute Gasteiger partial charge is 0.370 e. The highest BCUT2D eigenvalue weighted by Crippen LogP contribution is 2.35. The molecule has 0 unspecified atom stereocenters. The van der Waals surface area contributed by atoms with Crippen LogP contribution in [0.4, 0.5) is 11.5 Å². The van der Waals surface area contributed by atoms with Crippen LogP contribution in [0, 0.1) is 5.92 Å². The Kier molecular flexibility index (Phi) is 4.32. The molecule has 0 bridgehead atoms. The molecule has 0 aliphatic carbocycles. The fourth-order valence-electron chi connectivity index (χ4n) is 3.70. The van der Waals surface area contributed by atoms with Gasteiger partial charge in [0.2, 0.25) is 5.91 Å². The van der Waals surface area contributed by atoms with E-state index in [1.54, 1.807) is 23.7 Å². The van der Waals surface area contributed by atoms with Gasteiger partial charge >= 0.3 is 0 Å². The molecule has 1 aliphatic rings. The zero-order chi connectivity index (χ0) is 18.9. The lowest BCUT2D eigenvalue weighted by molar-refractivity contribution is -0.120. The molecule has 8 heteroatoms. The lowest BCUT2D eigenvalue weighted by atomic mass is 9.95. The van der Waals surface area contributed by atoms with Crippen LogP contribution in [0.1, 0.15) is 12.8 Å². The lowest BCUT2D eigenvalue weighted by Gasteiger charge is -2.32. The fourth-order valence-corrected chi connectivity index (χ4v) is 4.67. The molecule has 28 heavy (non-hydrogen) atoms. The Hall–Kier alpha value is -3.13. The summed E-state index contributed by atoms with van der Waals surface area (Å²) < 4.78 is 1.30. The van der Waals surface area contributed by atoms with E-state index in [1.807, 2.05) is 0 Å². The number of fused-ring (bicyclic) bond motifs is 2. The van der Waals surface area contributed by atoms with Crippen LogP contribution in [0.15, 0.2) is 48.4 Å². The van der Waals surface area contributed by atoms with Crippen molar-refractivity contribution in [3.8, 4) is 0 Å². The minimum Gasteiger partial charge on any atom is -0.370 e. The Labute approximate surface area is 165 Å². The predicted molar refractivity (Wildman–Crippen MR) is 111 cm³/mol. The first-order chi connectivity index (χ1) is 13.8. The van der Waals surface area contributed by atoms with E-state index in [2.05, 4.69) is 59.8 Å². The maximum absolute atomic E-state index is 12.8. The highest BCUT2D eigenvalue weighted by atomic mass is 32.1. The SMILES string of the molecule is O=C(Nc1ncnc2nccnc12)C1CCN(c2csc3ccccc23)CC1. The monoisotopic (exact) mass is 390 g/mol. The first-order valence-corrected chi connectivity index (χ1v) is 10.1. The van der Waals surface area contributed by atoms with Crippen LogP contribution in [0.5, 0.6) is 0 Å². The summed E-state index contributed by atoms with van der Waals surface area (Å²) in [6.07, 6.45) is 6.17. The van der Waals surface area contributed by atoms with E-state index >= 15 is 0 Å². The van der Waals surface area contributed by atoms with E-state index in [0.29, 0.717) is 17.0 Å². The van der Waals surface area contributed by atoms with Gasteiger partial charge in [0.05, 0.1) is 5.69 Å². The average molecular weight is 390 g/mol. The van der Waals surface area contributed by atoms with Gasteiger partial charge in [0, 0.05) is 46.9 Å². The molecule has 140 valence electrons. The number of thiophene rings is 1. The van der Waals surface area contributed by atoms with Crippen molar-refractivity contribution in [2.45, 2.75) is 12.8 Å². The number of amides is 1. The molecule has 1 saturated heterocycles. The summed E-state index contributed by atoms with van der Waals surface area (Å²) in [4.78, 5) is 31.8. The standard InChI is InChI=1S/C20H18N6OS/c27-20(25-19-17-18(23-12-24-19)22-8-7-21-17)13-5-9-26(10-6-13)15-11-28-16-4-2-1-3-14(15)16/h1-4,7-8,11-13H,5-6,9-10H2,(H,22,23,24,25,27). The number of nitrogens with zero attached hydrogens (tertiary/aromatic N) is 5. The maximum atomic E-state index is 12.8. The summed E-state index contributed by atoms with van der Waals surface area (Å²) in [5, 5.41) is 6.44. The van der Waals surface area contributed by atoms with Gasteiger partial charge in [-0.3, -0.25) is 4.79 Å². The number of nitrogens with one attached hydrogen (secondary N) is 1. The molecular weight excluding hydrogens is 372 g/mol. The smallest absolute Gasteiger partial charge is 0.228 e. The summed E-state index contributed by atoms with van der Waals surface area (Å²) in [6, 6.07) is 8.47. The molecule has 1 N–H and O–H groups in total. The summed E-state index contributed by atoms with van der Waals surface area (Å²) in [7, 11) is 0. The number of carbonyl (C=O) groups is 1. The third kappa shape index (κ3) is 3.05. The fraction of sp³-hybridized carbons (Fsp3) is 0.250. The Morgan fingerprint density at radius 1 is 1.07 bits per heavy atom. The zero-order valence-electron chi connectivity index (χ0n) is 15.1. The second-order valence-corrected chi connectivity index (χ2v) is 7.73. The number of hydrogen-bond acceptors (Lipinski definition) is 7. The third-order valence-corrected chi connectivity index (χ3v) is 6.13. The molecule has 0 radical (unpaired) electrons. The zero-order valence-corrected chi connectivity index (χ0v) is 15.9. The van der Waals surface area contributed by atoms with Crippen LogP contribution in [0.3, 0.4) is 0 Å². The quantitative estimate of drug-likeness (QED) is 0.576. The van der Waals surface area contributed by atoms with Gasteiger partial charge in [0.15, 0.2) is 17.0 Å². The van der Waals surface area contributed by atoms with E-state index in [-0.39, 0.29) is 11.8 Å². The van der Waals surface area contributed by atoms with Crippen molar-refractivity contribution in [1.82, 2.24) is 19.9 Å². The van der Waals surface area contributed by atoms with Crippen LogP contribution in [-0.4, -0.2) is 38.9 Å². The van der Waals surface area contributed by atoms with Crippen molar-refractivity contribution in [2.24, 2.45) is 5.92 Å². The van der Waals surface area contributed by atoms with Gasteiger partial charge in [-0.1, -0.05) is 18.2 Å². The van der Waals surface area contributed by atoms with Crippen molar-refractivity contribution in [1.29, 1.82) is 0 Å². The van der Waals surface area contributed by atoms with Gasteiger partial charge in [0.25, 0.3) is 0 Å². The first-order valence-electron chi connectivity index (χ1n) is 9.23. The molecule has 1 aliphatic heterocycles. The van der Waals surface area contributed by atoms with E-state index in [0.717, 1.165) is 25.9 Å². The number of hydrogen-bond donors (Lipinski definition) is 1. The topological polar surface area (TPSA) is 83.9 Å². The van der Waals surface area contributed by atoms with Crippen LogP contribution >= 0.6 is 11.3 Å². The van der Waals surface area contributed by atoms with Gasteiger partial charge in [-0.05, 0) is 18.9 Å². The number of benzene rings is 1. The Morgan fingerprint density at radius 2 is 1.89 bits per heavy atom. The Bertz CT molecular complexity index is 1150. The molecule has 7 nitrogen and oxygen atoms in total. The second kappa shape index (κ2) is 7.12. The molecule has 0 saturated carbocycles. The number of piperidine rings is 1. The van der Waals surface area contributed by atoms with Crippen LogP contribution in [0.25, 0.3) is 21.3 Å². The Balaban J connectivity index is 1.28. The minimum absolute atomic E-state index is 0.0134. The van der Waals surface area contributed by atoms with Gasteiger partial charge < -0.3 is 10.2 Å². The molecule has 0 spiro atoms. The Morgan fingerprint density at radius 3 is 2.79 bits per heavy atom. The number of carbonyl (C=O) groups excluding carboxylic acids is 1. The normalized spacial score (nSPS) is 15.2. The van der Waals surface area contributed by atoms with E-state index in [1.165, 1.54) is 22.1 Å². The summed E-state index contributed by atoms with van der Waals surface area (Å²) in [5.41, 5.74) is 2.27. The average Bonchev–Trinajstić information content (AvgIpc) is 3.18. The van der Waals surface area contributed by atoms with Crippen LogP contribution < -0.4 is 10.2 Å². The van der Waals surface area contributed by atoms with E-state index in [9.17, 15) is 4.79 Å². The first kappa shape index (κ1) is 17.0. The van der Waals surface area contributed by atoms with Crippen LogP contribution in [0.2, 0.25) is 0 Å². The summed E-state index contributed by atoms with van der Waals surface area (Å²) >= 11 is 1.77. The van der Waals surface area contributed by atoms with Crippen molar-refractivity contribution in [2.75, 3.05) is 23.3 Å². The van der Waals surface area contributed by atoms with E-state index in [4.69, 9.17) is 0 Å². The molecule has 1 amide bonds. The van der Waals surface area contributed by atoms with Gasteiger partial charge in [-0.2, -0.15) is 0 Å². The number of anilines is 2. The highest BCUT2D eigenvalue weighted by molar-refractivity contribution is 7.17. The van der Waals surface area contributed by atoms with Gasteiger partial charge in [-0.25, -0.2) is 19.9 Å². The number of aromatic nitrogens is 4. The van der Waals surface area contributed by atoms with Crippen LogP contribution in [-0.2, 0) is 4.79 Å². The third-order valence-electron chi connectivity index (χ3n) is 5.18. The van der Waals surface area contributed by atoms with Gasteiger partial charge in [0.1, 0.15) is 6.33 Å². The molecule has 1 aromatic carbocycles. The van der Waals surface area contributed by atoms with E-state index < -0.39 is 0 Å². The molecule has 4 aromatic rings. The highest BCUT2D eigenvalue weighted by Gasteiger charge is 2.27. The van der Waals surface area contributed by atoms with Crippen molar-refractivity contribution < 1.29 is 4.79 Å². The maximum Gasteiger partial charge on any atom is 0.228 e. The molecule has 1 fully saturated rings. The van der Waals surface area contributed by atoms with Gasteiger partial charge in [-0.15, -0.1) is 11.3 Å². The lowest BCUT2D eigenvalue weighted by Crippen LogP contribution is -2.38. The van der Waals surface area contributed by atoms with Crippen molar-refractivity contribution in [3.63, 3.8) is 0 Å². The molecule has 4 heterocycles. The minimum atomic E-state index is -0.0390. The number of rotatable bonds is 3. The second-order valence-electron chi connectivity index (χ2n) is 6.82. The molecular formula is C20H18N6OS.